The second kappa shape index (κ2) is 5.19. The molecule has 2 saturated carbocycles. The van der Waals surface area contributed by atoms with Gasteiger partial charge in [0.15, 0.2) is 0 Å². The normalized spacial score (nSPS) is 32.5. The Morgan fingerprint density at radius 2 is 2.21 bits per heavy atom. The number of rotatable bonds is 4. The summed E-state index contributed by atoms with van der Waals surface area (Å²) >= 11 is 0. The van der Waals surface area contributed by atoms with E-state index in [9.17, 15) is 19.7 Å². The average Bonchev–Trinajstić information content (AvgIpc) is 3.16. The quantitative estimate of drug-likeness (QED) is 0.511. The second-order valence-electron chi connectivity index (χ2n) is 6.55. The molecule has 5 atom stereocenters. The SMILES string of the molecule is COc1cc([N+](=O)[O-])ccc1NC(=O)C1C2CC3OC(=O)C1C3C2. The van der Waals surface area contributed by atoms with Crippen molar-refractivity contribution in [3.63, 3.8) is 0 Å². The number of anilines is 1. The molecule has 1 aromatic carbocycles. The number of esters is 1. The van der Waals surface area contributed by atoms with E-state index in [4.69, 9.17) is 9.47 Å². The predicted molar refractivity (Wildman–Crippen MR) is 81.4 cm³/mol. The van der Waals surface area contributed by atoms with E-state index in [2.05, 4.69) is 5.32 Å². The summed E-state index contributed by atoms with van der Waals surface area (Å²) in [6, 6.07) is 4.01. The number of hydrogen-bond acceptors (Lipinski definition) is 6. The fourth-order valence-electron chi connectivity index (χ4n) is 4.48. The van der Waals surface area contributed by atoms with Gasteiger partial charge in [0.1, 0.15) is 11.9 Å². The van der Waals surface area contributed by atoms with Gasteiger partial charge < -0.3 is 14.8 Å². The molecule has 8 nitrogen and oxygen atoms in total. The lowest BCUT2D eigenvalue weighted by Crippen LogP contribution is -2.35. The van der Waals surface area contributed by atoms with E-state index in [1.54, 1.807) is 0 Å². The number of methoxy groups -OCH3 is 1. The highest BCUT2D eigenvalue weighted by atomic mass is 16.6. The highest BCUT2D eigenvalue weighted by Crippen LogP contribution is 2.57. The van der Waals surface area contributed by atoms with Crippen LogP contribution in [0.2, 0.25) is 0 Å². The lowest BCUT2D eigenvalue weighted by Gasteiger charge is -2.23. The number of fused-ring (bicyclic) bond motifs is 1. The number of benzene rings is 1. The Kier molecular flexibility index (Phi) is 3.22. The van der Waals surface area contributed by atoms with Crippen LogP contribution in [0.4, 0.5) is 11.4 Å². The minimum atomic E-state index is -0.529. The van der Waals surface area contributed by atoms with E-state index in [0.717, 1.165) is 12.8 Å². The number of ether oxygens (including phenoxy) is 2. The first-order valence-corrected chi connectivity index (χ1v) is 7.83. The maximum absolute atomic E-state index is 12.7. The van der Waals surface area contributed by atoms with Crippen molar-refractivity contribution in [1.82, 2.24) is 0 Å². The van der Waals surface area contributed by atoms with Gasteiger partial charge in [-0.1, -0.05) is 0 Å². The topological polar surface area (TPSA) is 108 Å². The molecule has 3 aliphatic rings. The molecule has 5 unspecified atom stereocenters. The van der Waals surface area contributed by atoms with Crippen molar-refractivity contribution in [2.75, 3.05) is 12.4 Å². The first-order valence-electron chi connectivity index (χ1n) is 7.83. The molecule has 1 amide bonds. The van der Waals surface area contributed by atoms with E-state index in [0.29, 0.717) is 5.69 Å². The van der Waals surface area contributed by atoms with Crippen molar-refractivity contribution >= 4 is 23.3 Å². The maximum atomic E-state index is 12.7. The molecule has 1 aliphatic heterocycles. The van der Waals surface area contributed by atoms with Crippen LogP contribution in [0.25, 0.3) is 0 Å². The van der Waals surface area contributed by atoms with E-state index < -0.39 is 10.8 Å². The van der Waals surface area contributed by atoms with Crippen LogP contribution < -0.4 is 10.1 Å². The van der Waals surface area contributed by atoms with Gasteiger partial charge in [0, 0.05) is 12.0 Å². The van der Waals surface area contributed by atoms with Gasteiger partial charge in [-0.3, -0.25) is 19.7 Å². The highest BCUT2D eigenvalue weighted by molar-refractivity contribution is 5.98. The van der Waals surface area contributed by atoms with Crippen LogP contribution in [-0.4, -0.2) is 30.0 Å². The molecular formula is C16H16N2O6. The Morgan fingerprint density at radius 1 is 1.42 bits per heavy atom. The van der Waals surface area contributed by atoms with Gasteiger partial charge in [0.05, 0.1) is 35.6 Å². The monoisotopic (exact) mass is 332 g/mol. The number of nitro groups is 1. The standard InChI is InChI=1S/C16H16N2O6/c1-23-12-6-8(18(21)22)2-3-10(12)17-15(19)13-7-4-9-11(5-7)24-16(20)14(9)13/h2-3,6-7,9,11,13-14H,4-5H2,1H3,(H,17,19). The van der Waals surface area contributed by atoms with E-state index in [-0.39, 0.29) is 47.2 Å². The third-order valence-corrected chi connectivity index (χ3v) is 5.44. The lowest BCUT2D eigenvalue weighted by molar-refractivity contribution is -0.384. The van der Waals surface area contributed by atoms with Crippen molar-refractivity contribution in [2.24, 2.45) is 23.7 Å². The molecule has 1 N–H and O–H groups in total. The molecular weight excluding hydrogens is 316 g/mol. The lowest BCUT2D eigenvalue weighted by atomic mass is 9.79. The summed E-state index contributed by atoms with van der Waals surface area (Å²) in [4.78, 5) is 35.0. The molecule has 2 bridgehead atoms. The fraction of sp³-hybridized carbons (Fsp3) is 0.500. The minimum Gasteiger partial charge on any atom is -0.494 e. The summed E-state index contributed by atoms with van der Waals surface area (Å²) in [6.07, 6.45) is 1.56. The Hall–Kier alpha value is -2.64. The maximum Gasteiger partial charge on any atom is 0.310 e. The third-order valence-electron chi connectivity index (χ3n) is 5.44. The number of nitrogens with zero attached hydrogens (tertiary/aromatic N) is 1. The van der Waals surface area contributed by atoms with E-state index in [1.165, 1.54) is 25.3 Å². The van der Waals surface area contributed by atoms with Gasteiger partial charge in [-0.15, -0.1) is 0 Å². The molecule has 1 heterocycles. The van der Waals surface area contributed by atoms with Crippen LogP contribution >= 0.6 is 0 Å². The molecule has 24 heavy (non-hydrogen) atoms. The van der Waals surface area contributed by atoms with Crippen molar-refractivity contribution in [3.05, 3.63) is 28.3 Å². The summed E-state index contributed by atoms with van der Waals surface area (Å²) in [7, 11) is 1.38. The molecule has 0 aromatic heterocycles. The largest absolute Gasteiger partial charge is 0.494 e. The summed E-state index contributed by atoms with van der Waals surface area (Å²) in [5.74, 6) is -0.776. The summed E-state index contributed by atoms with van der Waals surface area (Å²) in [5.41, 5.74) is 0.241. The van der Waals surface area contributed by atoms with Crippen LogP contribution in [0, 0.1) is 33.8 Å². The van der Waals surface area contributed by atoms with Gasteiger partial charge in [-0.25, -0.2) is 0 Å². The van der Waals surface area contributed by atoms with Crippen LogP contribution in [0.1, 0.15) is 12.8 Å². The first kappa shape index (κ1) is 14.9. The van der Waals surface area contributed by atoms with Gasteiger partial charge in [0.25, 0.3) is 5.69 Å². The Labute approximate surface area is 137 Å². The fourth-order valence-corrected chi connectivity index (χ4v) is 4.48. The first-order chi connectivity index (χ1) is 11.5. The van der Waals surface area contributed by atoms with E-state index in [1.807, 2.05) is 0 Å². The minimum absolute atomic E-state index is 0.0227. The van der Waals surface area contributed by atoms with Gasteiger partial charge in [-0.05, 0) is 24.8 Å². The number of amides is 1. The zero-order valence-electron chi connectivity index (χ0n) is 12.9. The zero-order valence-corrected chi connectivity index (χ0v) is 12.9. The van der Waals surface area contributed by atoms with Crippen LogP contribution in [0.5, 0.6) is 5.75 Å². The van der Waals surface area contributed by atoms with Crippen molar-refractivity contribution in [2.45, 2.75) is 18.9 Å². The van der Waals surface area contributed by atoms with Gasteiger partial charge in [-0.2, -0.15) is 0 Å². The van der Waals surface area contributed by atoms with Crippen molar-refractivity contribution in [3.8, 4) is 5.75 Å². The Balaban J connectivity index is 1.57. The Morgan fingerprint density at radius 3 is 2.92 bits per heavy atom. The summed E-state index contributed by atoms with van der Waals surface area (Å²) in [5, 5.41) is 13.6. The van der Waals surface area contributed by atoms with Gasteiger partial charge >= 0.3 is 5.97 Å². The molecule has 1 saturated heterocycles. The molecule has 1 aromatic rings. The van der Waals surface area contributed by atoms with Crippen LogP contribution in [-0.2, 0) is 14.3 Å². The molecule has 2 aliphatic carbocycles. The Bertz CT molecular complexity index is 746. The highest BCUT2D eigenvalue weighted by Gasteiger charge is 2.63. The van der Waals surface area contributed by atoms with Crippen molar-refractivity contribution < 1.29 is 24.0 Å². The predicted octanol–water partition coefficient (Wildman–Crippen LogP) is 1.74. The van der Waals surface area contributed by atoms with Crippen LogP contribution in [0.3, 0.4) is 0 Å². The number of non-ortho nitro benzene ring substituents is 1. The third kappa shape index (κ3) is 2.05. The zero-order chi connectivity index (χ0) is 17.0. The number of carbonyl (C=O) groups is 2. The van der Waals surface area contributed by atoms with Gasteiger partial charge in [0.2, 0.25) is 5.91 Å². The number of nitrogens with one attached hydrogen (secondary N) is 1. The smallest absolute Gasteiger partial charge is 0.310 e. The average molecular weight is 332 g/mol. The van der Waals surface area contributed by atoms with E-state index >= 15 is 0 Å². The second-order valence-corrected chi connectivity index (χ2v) is 6.55. The molecule has 4 rings (SSSR count). The molecule has 8 heteroatoms. The summed E-state index contributed by atoms with van der Waals surface area (Å²) in [6.45, 7) is 0. The number of nitro benzene ring substituents is 1. The molecule has 126 valence electrons. The molecule has 0 spiro atoms. The van der Waals surface area contributed by atoms with Crippen molar-refractivity contribution in [1.29, 1.82) is 0 Å². The number of hydrogen-bond donors (Lipinski definition) is 1. The number of carbonyl (C=O) groups excluding carboxylic acids is 2. The molecule has 3 fully saturated rings. The van der Waals surface area contributed by atoms with Crippen LogP contribution in [0.15, 0.2) is 18.2 Å². The molecule has 0 radical (unpaired) electrons. The summed E-state index contributed by atoms with van der Waals surface area (Å²) < 4.78 is 10.5.